The molecule has 0 aromatic heterocycles. The lowest BCUT2D eigenvalue weighted by Crippen LogP contribution is -2.26. The molecule has 80 valence electrons. The normalized spacial score (nSPS) is 21.3. The zero-order valence-corrected chi connectivity index (χ0v) is 9.40. The van der Waals surface area contributed by atoms with Gasteiger partial charge in [0, 0.05) is 20.6 Å². The predicted molar refractivity (Wildman–Crippen MR) is 59.7 cm³/mol. The highest BCUT2D eigenvalue weighted by Crippen LogP contribution is 2.27. The lowest BCUT2D eigenvalue weighted by molar-refractivity contribution is 0.201. The van der Waals surface area contributed by atoms with E-state index in [1.165, 1.54) is 11.1 Å². The summed E-state index contributed by atoms with van der Waals surface area (Å²) in [4.78, 5) is 15.2. The van der Waals surface area contributed by atoms with Crippen LogP contribution in [-0.2, 0) is 0 Å². The quantitative estimate of drug-likeness (QED) is 0.686. The lowest BCUT2D eigenvalue weighted by Gasteiger charge is -2.18. The molecule has 0 saturated carbocycles. The number of rotatable bonds is 1. The van der Waals surface area contributed by atoms with Crippen LogP contribution < -0.4 is 0 Å². The van der Waals surface area contributed by atoms with Gasteiger partial charge in [-0.1, -0.05) is 29.8 Å². The highest BCUT2D eigenvalue weighted by molar-refractivity contribution is 5.76. The first-order valence-corrected chi connectivity index (χ1v) is 5.14. The molecule has 0 spiro atoms. The number of aryl methyl sites for hydroxylation is 1. The second kappa shape index (κ2) is 3.57. The Balaban J connectivity index is 2.29. The number of carbonyl (C=O) groups excluding carboxylic acids is 1. The first-order valence-electron chi connectivity index (χ1n) is 5.14. The van der Waals surface area contributed by atoms with Gasteiger partial charge < -0.3 is 9.80 Å². The molecule has 0 aliphatic carbocycles. The van der Waals surface area contributed by atoms with Crippen LogP contribution in [0.2, 0.25) is 0 Å². The van der Waals surface area contributed by atoms with Crippen molar-refractivity contribution in [3.63, 3.8) is 0 Å². The van der Waals surface area contributed by atoms with Crippen LogP contribution in [-0.4, -0.2) is 36.5 Å². The lowest BCUT2D eigenvalue weighted by atomic mass is 10.0. The van der Waals surface area contributed by atoms with Crippen molar-refractivity contribution in [2.75, 3.05) is 20.6 Å². The Hall–Kier alpha value is -1.51. The molecule has 1 heterocycles. The summed E-state index contributed by atoms with van der Waals surface area (Å²) < 4.78 is 0. The highest BCUT2D eigenvalue weighted by Gasteiger charge is 2.32. The molecule has 1 aromatic rings. The van der Waals surface area contributed by atoms with Crippen molar-refractivity contribution in [1.29, 1.82) is 0 Å². The van der Waals surface area contributed by atoms with Gasteiger partial charge in [0.05, 0.1) is 6.04 Å². The molecule has 2 amide bonds. The van der Waals surface area contributed by atoms with E-state index in [2.05, 4.69) is 25.1 Å². The first-order chi connectivity index (χ1) is 7.09. The van der Waals surface area contributed by atoms with Crippen molar-refractivity contribution in [2.45, 2.75) is 13.0 Å². The Kier molecular flexibility index (Phi) is 2.39. The number of amides is 2. The largest absolute Gasteiger partial charge is 0.325 e. The van der Waals surface area contributed by atoms with Gasteiger partial charge in [-0.15, -0.1) is 0 Å². The van der Waals surface area contributed by atoms with Gasteiger partial charge in [0.2, 0.25) is 0 Å². The number of likely N-dealkylation sites (N-methyl/N-ethyl adjacent to an activating group) is 2. The summed E-state index contributed by atoms with van der Waals surface area (Å²) >= 11 is 0. The molecule has 0 bridgehead atoms. The number of carbonyl (C=O) groups is 1. The Bertz CT molecular complexity index is 389. The molecule has 1 aliphatic heterocycles. The van der Waals surface area contributed by atoms with E-state index in [0.29, 0.717) is 0 Å². The van der Waals surface area contributed by atoms with Crippen LogP contribution in [0, 0.1) is 6.92 Å². The SMILES string of the molecule is Cc1cccc(C2CN(C)C(=O)N2C)c1. The first kappa shape index (κ1) is 10.0. The Morgan fingerprint density at radius 3 is 2.60 bits per heavy atom. The molecule has 1 aromatic carbocycles. The average molecular weight is 204 g/mol. The van der Waals surface area contributed by atoms with Crippen molar-refractivity contribution in [2.24, 2.45) is 0 Å². The van der Waals surface area contributed by atoms with E-state index in [0.717, 1.165) is 6.54 Å². The Morgan fingerprint density at radius 1 is 1.33 bits per heavy atom. The minimum Gasteiger partial charge on any atom is -0.325 e. The molecule has 3 heteroatoms. The highest BCUT2D eigenvalue weighted by atomic mass is 16.2. The summed E-state index contributed by atoms with van der Waals surface area (Å²) in [6.45, 7) is 2.85. The number of hydrogen-bond acceptors (Lipinski definition) is 1. The van der Waals surface area contributed by atoms with E-state index >= 15 is 0 Å². The summed E-state index contributed by atoms with van der Waals surface area (Å²) in [5, 5.41) is 0. The van der Waals surface area contributed by atoms with Crippen LogP contribution in [0.1, 0.15) is 17.2 Å². The molecular formula is C12H16N2O. The molecule has 15 heavy (non-hydrogen) atoms. The van der Waals surface area contributed by atoms with E-state index in [-0.39, 0.29) is 12.1 Å². The van der Waals surface area contributed by atoms with Crippen molar-refractivity contribution < 1.29 is 4.79 Å². The number of urea groups is 1. The fourth-order valence-electron chi connectivity index (χ4n) is 2.07. The minimum atomic E-state index is 0.0986. The number of nitrogens with zero attached hydrogens (tertiary/aromatic N) is 2. The maximum atomic E-state index is 11.6. The summed E-state index contributed by atoms with van der Waals surface area (Å²) in [6.07, 6.45) is 0. The van der Waals surface area contributed by atoms with E-state index in [9.17, 15) is 4.79 Å². The second-order valence-corrected chi connectivity index (χ2v) is 4.20. The molecule has 2 rings (SSSR count). The molecule has 0 radical (unpaired) electrons. The zero-order chi connectivity index (χ0) is 11.0. The fraction of sp³-hybridized carbons (Fsp3) is 0.417. The predicted octanol–water partition coefficient (Wildman–Crippen LogP) is 2.03. The average Bonchev–Trinajstić information content (AvgIpc) is 2.46. The van der Waals surface area contributed by atoms with Gasteiger partial charge in [-0.2, -0.15) is 0 Å². The zero-order valence-electron chi connectivity index (χ0n) is 9.40. The number of benzene rings is 1. The molecule has 1 atom stereocenters. The summed E-state index contributed by atoms with van der Waals surface area (Å²) in [6, 6.07) is 8.64. The fourth-order valence-corrected chi connectivity index (χ4v) is 2.07. The van der Waals surface area contributed by atoms with Crippen LogP contribution in [0.15, 0.2) is 24.3 Å². The third-order valence-electron chi connectivity index (χ3n) is 2.97. The number of hydrogen-bond donors (Lipinski definition) is 0. The van der Waals surface area contributed by atoms with Gasteiger partial charge in [0.15, 0.2) is 0 Å². The summed E-state index contributed by atoms with van der Waals surface area (Å²) in [7, 11) is 3.70. The van der Waals surface area contributed by atoms with Crippen LogP contribution >= 0.6 is 0 Å². The smallest absolute Gasteiger partial charge is 0.320 e. The van der Waals surface area contributed by atoms with Crippen molar-refractivity contribution in [3.8, 4) is 0 Å². The third kappa shape index (κ3) is 1.69. The molecule has 3 nitrogen and oxygen atoms in total. The maximum Gasteiger partial charge on any atom is 0.320 e. The van der Waals surface area contributed by atoms with E-state index < -0.39 is 0 Å². The van der Waals surface area contributed by atoms with E-state index in [4.69, 9.17) is 0 Å². The van der Waals surface area contributed by atoms with Crippen LogP contribution in [0.4, 0.5) is 4.79 Å². The summed E-state index contributed by atoms with van der Waals surface area (Å²) in [5.41, 5.74) is 2.46. The second-order valence-electron chi connectivity index (χ2n) is 4.20. The molecule has 1 saturated heterocycles. The van der Waals surface area contributed by atoms with Crippen molar-refractivity contribution in [1.82, 2.24) is 9.80 Å². The van der Waals surface area contributed by atoms with Crippen LogP contribution in [0.3, 0.4) is 0 Å². The van der Waals surface area contributed by atoms with Crippen LogP contribution in [0.25, 0.3) is 0 Å². The van der Waals surface area contributed by atoms with Gasteiger partial charge in [-0.25, -0.2) is 4.79 Å². The van der Waals surface area contributed by atoms with Gasteiger partial charge in [0.1, 0.15) is 0 Å². The van der Waals surface area contributed by atoms with Gasteiger partial charge in [0.25, 0.3) is 0 Å². The third-order valence-corrected chi connectivity index (χ3v) is 2.97. The van der Waals surface area contributed by atoms with E-state index in [1.54, 1.807) is 9.80 Å². The standard InChI is InChI=1S/C12H16N2O/c1-9-5-4-6-10(7-9)11-8-13(2)12(15)14(11)3/h4-7,11H,8H2,1-3H3. The summed E-state index contributed by atoms with van der Waals surface area (Å²) in [5.74, 6) is 0. The molecule has 1 aliphatic rings. The minimum absolute atomic E-state index is 0.0986. The van der Waals surface area contributed by atoms with Gasteiger partial charge >= 0.3 is 6.03 Å². The monoisotopic (exact) mass is 204 g/mol. The van der Waals surface area contributed by atoms with Crippen molar-refractivity contribution in [3.05, 3.63) is 35.4 Å². The topological polar surface area (TPSA) is 23.6 Å². The van der Waals surface area contributed by atoms with Gasteiger partial charge in [-0.05, 0) is 12.5 Å². The molecule has 0 N–H and O–H groups in total. The molecule has 1 fully saturated rings. The maximum absolute atomic E-state index is 11.6. The van der Waals surface area contributed by atoms with Crippen molar-refractivity contribution >= 4 is 6.03 Å². The Labute approximate surface area is 90.3 Å². The Morgan fingerprint density at radius 2 is 2.07 bits per heavy atom. The van der Waals surface area contributed by atoms with Crippen LogP contribution in [0.5, 0.6) is 0 Å². The molecular weight excluding hydrogens is 188 g/mol. The molecule has 1 unspecified atom stereocenters. The van der Waals surface area contributed by atoms with E-state index in [1.807, 2.05) is 20.2 Å². The van der Waals surface area contributed by atoms with Gasteiger partial charge in [-0.3, -0.25) is 0 Å².